The molecule has 1 nitrogen and oxygen atoms in total. The molecule has 1 aromatic rings. The predicted octanol–water partition coefficient (Wildman–Crippen LogP) is 2.37. The fourth-order valence-corrected chi connectivity index (χ4v) is 1.27. The normalized spacial score (nSPS) is 11.9. The standard InChI is InChI=1S/C10H11F3O/c1-10(2,5-14)9-7(12)3-6(11)4-8(9)13/h3-4,14H,5H2,1-2H3. The Hall–Kier alpha value is -1.03. The molecule has 0 bridgehead atoms. The lowest BCUT2D eigenvalue weighted by Gasteiger charge is -2.23. The maximum Gasteiger partial charge on any atom is 0.132 e. The highest BCUT2D eigenvalue weighted by Crippen LogP contribution is 2.28. The summed E-state index contributed by atoms with van der Waals surface area (Å²) in [4.78, 5) is 0. The number of benzene rings is 1. The van der Waals surface area contributed by atoms with Crippen molar-refractivity contribution in [2.24, 2.45) is 0 Å². The number of rotatable bonds is 2. The van der Waals surface area contributed by atoms with Gasteiger partial charge in [-0.15, -0.1) is 0 Å². The number of aliphatic hydroxyl groups excluding tert-OH is 1. The Morgan fingerprint density at radius 3 is 1.93 bits per heavy atom. The van der Waals surface area contributed by atoms with Crippen LogP contribution in [0.5, 0.6) is 0 Å². The first-order valence-electron chi connectivity index (χ1n) is 4.14. The number of hydrogen-bond donors (Lipinski definition) is 1. The quantitative estimate of drug-likeness (QED) is 0.784. The zero-order chi connectivity index (χ0) is 10.9. The first kappa shape index (κ1) is 11.0. The molecule has 0 saturated heterocycles. The van der Waals surface area contributed by atoms with Gasteiger partial charge >= 0.3 is 0 Å². The fraction of sp³-hybridized carbons (Fsp3) is 0.400. The van der Waals surface area contributed by atoms with E-state index in [1.54, 1.807) is 0 Å². The second-order valence-corrected chi connectivity index (χ2v) is 3.79. The van der Waals surface area contributed by atoms with E-state index in [1.807, 2.05) is 0 Å². The summed E-state index contributed by atoms with van der Waals surface area (Å²) in [6.07, 6.45) is 0. The maximum atomic E-state index is 13.2. The van der Waals surface area contributed by atoms with Crippen LogP contribution in [0.15, 0.2) is 12.1 Å². The summed E-state index contributed by atoms with van der Waals surface area (Å²) in [6, 6.07) is 1.21. The molecular formula is C10H11F3O. The summed E-state index contributed by atoms with van der Waals surface area (Å²) in [7, 11) is 0. The third-order valence-electron chi connectivity index (χ3n) is 2.08. The third-order valence-corrected chi connectivity index (χ3v) is 2.08. The van der Waals surface area contributed by atoms with Crippen molar-refractivity contribution in [1.82, 2.24) is 0 Å². The molecule has 4 heteroatoms. The van der Waals surface area contributed by atoms with Crippen LogP contribution in [-0.2, 0) is 5.41 Å². The Morgan fingerprint density at radius 1 is 1.14 bits per heavy atom. The Labute approximate surface area is 80.2 Å². The molecule has 0 amide bonds. The Kier molecular flexibility index (Phi) is 2.85. The monoisotopic (exact) mass is 204 g/mol. The molecule has 0 aromatic heterocycles. The highest BCUT2D eigenvalue weighted by Gasteiger charge is 2.27. The summed E-state index contributed by atoms with van der Waals surface area (Å²) < 4.78 is 39.0. The van der Waals surface area contributed by atoms with E-state index in [4.69, 9.17) is 5.11 Å². The van der Waals surface area contributed by atoms with Gasteiger partial charge in [0.15, 0.2) is 0 Å². The van der Waals surface area contributed by atoms with Crippen molar-refractivity contribution in [2.75, 3.05) is 6.61 Å². The first-order chi connectivity index (χ1) is 6.38. The lowest BCUT2D eigenvalue weighted by molar-refractivity contribution is 0.210. The van der Waals surface area contributed by atoms with Crippen LogP contribution < -0.4 is 0 Å². The van der Waals surface area contributed by atoms with E-state index in [2.05, 4.69) is 0 Å². The molecule has 0 fully saturated rings. The van der Waals surface area contributed by atoms with Gasteiger partial charge in [-0.25, -0.2) is 13.2 Å². The SMILES string of the molecule is CC(C)(CO)c1c(F)cc(F)cc1F. The average molecular weight is 204 g/mol. The van der Waals surface area contributed by atoms with Crippen LogP contribution in [-0.4, -0.2) is 11.7 Å². The predicted molar refractivity (Wildman–Crippen MR) is 46.4 cm³/mol. The molecule has 0 unspecified atom stereocenters. The summed E-state index contributed by atoms with van der Waals surface area (Å²) in [5, 5.41) is 8.94. The molecule has 1 aromatic carbocycles. The van der Waals surface area contributed by atoms with Crippen LogP contribution >= 0.6 is 0 Å². The Bertz CT molecular complexity index is 324. The summed E-state index contributed by atoms with van der Waals surface area (Å²) >= 11 is 0. The molecule has 0 aliphatic carbocycles. The third kappa shape index (κ3) is 1.90. The van der Waals surface area contributed by atoms with Gasteiger partial charge in [-0.2, -0.15) is 0 Å². The molecule has 0 heterocycles. The highest BCUT2D eigenvalue weighted by atomic mass is 19.1. The van der Waals surface area contributed by atoms with Gasteiger partial charge in [0.25, 0.3) is 0 Å². The van der Waals surface area contributed by atoms with E-state index in [0.29, 0.717) is 12.1 Å². The molecule has 0 radical (unpaired) electrons. The molecule has 14 heavy (non-hydrogen) atoms. The van der Waals surface area contributed by atoms with Crippen molar-refractivity contribution in [2.45, 2.75) is 19.3 Å². The Morgan fingerprint density at radius 2 is 1.57 bits per heavy atom. The molecular weight excluding hydrogens is 193 g/mol. The van der Waals surface area contributed by atoms with Crippen LogP contribution in [0.1, 0.15) is 19.4 Å². The van der Waals surface area contributed by atoms with Crippen molar-refractivity contribution < 1.29 is 18.3 Å². The zero-order valence-electron chi connectivity index (χ0n) is 7.94. The minimum Gasteiger partial charge on any atom is -0.395 e. The lowest BCUT2D eigenvalue weighted by atomic mass is 9.85. The number of halogens is 3. The molecule has 0 spiro atoms. The molecule has 1 rings (SSSR count). The van der Waals surface area contributed by atoms with Gasteiger partial charge in [0.2, 0.25) is 0 Å². The van der Waals surface area contributed by atoms with Crippen LogP contribution in [0, 0.1) is 17.5 Å². The van der Waals surface area contributed by atoms with Crippen molar-refractivity contribution in [3.05, 3.63) is 35.1 Å². The smallest absolute Gasteiger partial charge is 0.132 e. The number of hydrogen-bond acceptors (Lipinski definition) is 1. The lowest BCUT2D eigenvalue weighted by Crippen LogP contribution is -2.25. The van der Waals surface area contributed by atoms with Gasteiger partial charge in [0, 0.05) is 23.1 Å². The number of aliphatic hydroxyl groups is 1. The second kappa shape index (κ2) is 3.61. The van der Waals surface area contributed by atoms with E-state index in [-0.39, 0.29) is 5.56 Å². The van der Waals surface area contributed by atoms with Crippen LogP contribution in [0.3, 0.4) is 0 Å². The largest absolute Gasteiger partial charge is 0.395 e. The molecule has 1 N–H and O–H groups in total. The minimum absolute atomic E-state index is 0.290. The minimum atomic E-state index is -1.05. The van der Waals surface area contributed by atoms with Gasteiger partial charge in [-0.3, -0.25) is 0 Å². The molecule has 0 saturated carbocycles. The van der Waals surface area contributed by atoms with Crippen molar-refractivity contribution in [3.8, 4) is 0 Å². The highest BCUT2D eigenvalue weighted by molar-refractivity contribution is 5.28. The van der Waals surface area contributed by atoms with E-state index in [1.165, 1.54) is 13.8 Å². The van der Waals surface area contributed by atoms with Crippen molar-refractivity contribution in [3.63, 3.8) is 0 Å². The summed E-state index contributed by atoms with van der Waals surface area (Å²) in [6.45, 7) is 2.55. The zero-order valence-corrected chi connectivity index (χ0v) is 7.94. The van der Waals surface area contributed by atoms with E-state index in [9.17, 15) is 13.2 Å². The van der Waals surface area contributed by atoms with Crippen LogP contribution in [0.25, 0.3) is 0 Å². The summed E-state index contributed by atoms with van der Waals surface area (Å²) in [5.41, 5.74) is -1.34. The van der Waals surface area contributed by atoms with Gasteiger partial charge in [-0.05, 0) is 0 Å². The van der Waals surface area contributed by atoms with Gasteiger partial charge < -0.3 is 5.11 Å². The van der Waals surface area contributed by atoms with Crippen LogP contribution in [0.2, 0.25) is 0 Å². The molecule has 78 valence electrons. The molecule has 0 atom stereocenters. The Balaban J connectivity index is 3.35. The molecule has 0 aliphatic heterocycles. The van der Waals surface area contributed by atoms with E-state index < -0.39 is 29.5 Å². The van der Waals surface area contributed by atoms with Crippen molar-refractivity contribution >= 4 is 0 Å². The van der Waals surface area contributed by atoms with E-state index >= 15 is 0 Å². The fourth-order valence-electron chi connectivity index (χ4n) is 1.27. The topological polar surface area (TPSA) is 20.2 Å². The first-order valence-corrected chi connectivity index (χ1v) is 4.14. The second-order valence-electron chi connectivity index (χ2n) is 3.79. The van der Waals surface area contributed by atoms with Gasteiger partial charge in [0.1, 0.15) is 17.5 Å². The molecule has 0 aliphatic rings. The van der Waals surface area contributed by atoms with Crippen molar-refractivity contribution in [1.29, 1.82) is 0 Å². The van der Waals surface area contributed by atoms with E-state index in [0.717, 1.165) is 0 Å². The van der Waals surface area contributed by atoms with Gasteiger partial charge in [0.05, 0.1) is 6.61 Å². The average Bonchev–Trinajstić information content (AvgIpc) is 2.01. The maximum absolute atomic E-state index is 13.2. The van der Waals surface area contributed by atoms with Gasteiger partial charge in [-0.1, -0.05) is 13.8 Å². The van der Waals surface area contributed by atoms with Crippen LogP contribution in [0.4, 0.5) is 13.2 Å². The summed E-state index contributed by atoms with van der Waals surface area (Å²) in [5.74, 6) is -2.90.